The van der Waals surface area contributed by atoms with Crippen molar-refractivity contribution in [2.24, 2.45) is 0 Å². The summed E-state index contributed by atoms with van der Waals surface area (Å²) < 4.78 is 0. The first-order valence-corrected chi connectivity index (χ1v) is 24.8. The van der Waals surface area contributed by atoms with Crippen LogP contribution in [0.1, 0.15) is 284 Å². The number of aliphatic hydroxyl groups is 3. The molecule has 0 saturated heterocycles. The van der Waals surface area contributed by atoms with E-state index >= 15 is 0 Å². The van der Waals surface area contributed by atoms with Crippen molar-refractivity contribution in [1.82, 2.24) is 5.32 Å². The summed E-state index contributed by atoms with van der Waals surface area (Å²) in [5.41, 5.74) is 0. The van der Waals surface area contributed by atoms with E-state index in [4.69, 9.17) is 0 Å². The van der Waals surface area contributed by atoms with Crippen LogP contribution in [0.4, 0.5) is 0 Å². The zero-order valence-electron chi connectivity index (χ0n) is 36.9. The maximum absolute atomic E-state index is 12.4. The van der Waals surface area contributed by atoms with Crippen LogP contribution in [0.2, 0.25) is 0 Å². The van der Waals surface area contributed by atoms with Gasteiger partial charge < -0.3 is 20.6 Å². The molecule has 0 aromatic carbocycles. The molecule has 5 heteroatoms. The molecule has 0 rings (SSSR count). The maximum atomic E-state index is 12.4. The molecule has 0 spiro atoms. The molecule has 4 N–H and O–H groups in total. The minimum absolute atomic E-state index is 0.141. The molecule has 324 valence electrons. The van der Waals surface area contributed by atoms with Crippen LogP contribution in [-0.4, -0.2) is 46.1 Å². The number of amides is 1. The molecule has 0 aromatic heterocycles. The minimum Gasteiger partial charge on any atom is -0.394 e. The zero-order chi connectivity index (χ0) is 39.4. The summed E-state index contributed by atoms with van der Waals surface area (Å²) in [5.74, 6) is -0.141. The molecule has 0 aliphatic carbocycles. The van der Waals surface area contributed by atoms with Crippen molar-refractivity contribution in [2.45, 2.75) is 302 Å². The molecular weight excluding hydrogens is 667 g/mol. The standard InChI is InChI=1S/C49H99NO4/c1-3-5-7-9-11-13-14-15-16-17-18-19-20-21-22-23-24-25-26-27-28-29-30-31-32-33-34-35-36-38-40-42-44-48(53)50-46(45-51)49(54)47(52)43-41-39-37-12-10-8-6-4-2/h46-47,49,51-52,54H,3-45H2,1-2H3,(H,50,53). The van der Waals surface area contributed by atoms with Crippen LogP contribution in [0.15, 0.2) is 0 Å². The number of carbonyl (C=O) groups is 1. The summed E-state index contributed by atoms with van der Waals surface area (Å²) in [6.45, 7) is 4.16. The topological polar surface area (TPSA) is 89.8 Å². The third-order valence-electron chi connectivity index (χ3n) is 12.0. The lowest BCUT2D eigenvalue weighted by Crippen LogP contribution is -2.50. The molecule has 0 bridgehead atoms. The Kier molecular flexibility index (Phi) is 44.5. The number of aliphatic hydroxyl groups excluding tert-OH is 3. The average Bonchev–Trinajstić information content (AvgIpc) is 3.18. The molecule has 0 saturated carbocycles. The molecule has 0 aromatic rings. The van der Waals surface area contributed by atoms with Gasteiger partial charge in [0.2, 0.25) is 5.91 Å². The lowest BCUT2D eigenvalue weighted by Gasteiger charge is -2.26. The third kappa shape index (κ3) is 39.6. The number of unbranched alkanes of at least 4 members (excludes halogenated alkanes) is 38. The van der Waals surface area contributed by atoms with Gasteiger partial charge in [-0.1, -0.05) is 264 Å². The monoisotopic (exact) mass is 766 g/mol. The highest BCUT2D eigenvalue weighted by molar-refractivity contribution is 5.76. The van der Waals surface area contributed by atoms with Gasteiger partial charge >= 0.3 is 0 Å². The van der Waals surface area contributed by atoms with Gasteiger partial charge in [0.15, 0.2) is 0 Å². The van der Waals surface area contributed by atoms with Crippen LogP contribution < -0.4 is 5.32 Å². The number of nitrogens with one attached hydrogen (secondary N) is 1. The van der Waals surface area contributed by atoms with E-state index in [0.717, 1.165) is 38.5 Å². The fraction of sp³-hybridized carbons (Fsp3) is 0.980. The van der Waals surface area contributed by atoms with Gasteiger partial charge in [-0.15, -0.1) is 0 Å². The lowest BCUT2D eigenvalue weighted by molar-refractivity contribution is -0.124. The van der Waals surface area contributed by atoms with Crippen LogP contribution in [0.5, 0.6) is 0 Å². The largest absolute Gasteiger partial charge is 0.394 e. The fourth-order valence-corrected chi connectivity index (χ4v) is 8.11. The second kappa shape index (κ2) is 45.1. The van der Waals surface area contributed by atoms with Gasteiger partial charge in [-0.05, 0) is 12.8 Å². The SMILES string of the molecule is CCCCCCCCCCCCCCCCCCCCCCCCCCCCCCCCCCC(=O)NC(CO)C(O)C(O)CCCCCCCCCC. The van der Waals surface area contributed by atoms with Crippen molar-refractivity contribution >= 4 is 5.91 Å². The first kappa shape index (κ1) is 53.4. The Labute approximate surface area is 338 Å². The van der Waals surface area contributed by atoms with Crippen molar-refractivity contribution in [3.8, 4) is 0 Å². The van der Waals surface area contributed by atoms with E-state index in [2.05, 4.69) is 19.2 Å². The van der Waals surface area contributed by atoms with Gasteiger partial charge in [0.1, 0.15) is 6.10 Å². The second-order valence-electron chi connectivity index (χ2n) is 17.4. The molecule has 54 heavy (non-hydrogen) atoms. The molecule has 0 aliphatic heterocycles. The number of hydrogen-bond donors (Lipinski definition) is 4. The first-order valence-electron chi connectivity index (χ1n) is 24.8. The molecule has 3 atom stereocenters. The van der Waals surface area contributed by atoms with Crippen LogP contribution in [-0.2, 0) is 4.79 Å². The van der Waals surface area contributed by atoms with Crippen LogP contribution in [0, 0.1) is 0 Å². The Morgan fingerprint density at radius 1 is 0.389 bits per heavy atom. The smallest absolute Gasteiger partial charge is 0.220 e. The van der Waals surface area contributed by atoms with Gasteiger partial charge in [-0.2, -0.15) is 0 Å². The van der Waals surface area contributed by atoms with E-state index in [1.54, 1.807) is 0 Å². The van der Waals surface area contributed by atoms with Gasteiger partial charge in [0, 0.05) is 6.42 Å². The zero-order valence-corrected chi connectivity index (χ0v) is 36.9. The van der Waals surface area contributed by atoms with Crippen LogP contribution in [0.3, 0.4) is 0 Å². The van der Waals surface area contributed by atoms with Crippen molar-refractivity contribution in [3.05, 3.63) is 0 Å². The van der Waals surface area contributed by atoms with E-state index < -0.39 is 18.2 Å². The van der Waals surface area contributed by atoms with Gasteiger partial charge in [-0.25, -0.2) is 0 Å². The van der Waals surface area contributed by atoms with Gasteiger partial charge in [-0.3, -0.25) is 4.79 Å². The Bertz CT molecular complexity index is 718. The second-order valence-corrected chi connectivity index (χ2v) is 17.4. The van der Waals surface area contributed by atoms with Crippen molar-refractivity contribution in [2.75, 3.05) is 6.61 Å². The van der Waals surface area contributed by atoms with Crippen molar-refractivity contribution in [3.63, 3.8) is 0 Å². The van der Waals surface area contributed by atoms with E-state index in [1.165, 1.54) is 218 Å². The summed E-state index contributed by atoms with van der Waals surface area (Å²) in [7, 11) is 0. The molecule has 1 amide bonds. The Hall–Kier alpha value is -0.650. The minimum atomic E-state index is -1.13. The highest BCUT2D eigenvalue weighted by atomic mass is 16.3. The number of hydrogen-bond acceptors (Lipinski definition) is 4. The summed E-state index contributed by atoms with van der Waals surface area (Å²) in [6.07, 6.45) is 52.7. The average molecular weight is 766 g/mol. The van der Waals surface area contributed by atoms with Crippen LogP contribution in [0.25, 0.3) is 0 Å². The third-order valence-corrected chi connectivity index (χ3v) is 12.0. The maximum Gasteiger partial charge on any atom is 0.220 e. The van der Waals surface area contributed by atoms with E-state index in [0.29, 0.717) is 12.8 Å². The highest BCUT2D eigenvalue weighted by Crippen LogP contribution is 2.18. The van der Waals surface area contributed by atoms with Crippen molar-refractivity contribution < 1.29 is 20.1 Å². The highest BCUT2D eigenvalue weighted by Gasteiger charge is 2.26. The Morgan fingerprint density at radius 3 is 0.889 bits per heavy atom. The molecule has 3 unspecified atom stereocenters. The molecule has 0 fully saturated rings. The summed E-state index contributed by atoms with van der Waals surface area (Å²) in [5, 5.41) is 33.3. The molecule has 0 aliphatic rings. The fourth-order valence-electron chi connectivity index (χ4n) is 8.11. The lowest BCUT2D eigenvalue weighted by atomic mass is 9.99. The summed E-state index contributed by atoms with van der Waals surface area (Å²) in [6, 6.07) is -0.801. The number of rotatable bonds is 46. The summed E-state index contributed by atoms with van der Waals surface area (Å²) >= 11 is 0. The Morgan fingerprint density at radius 2 is 0.630 bits per heavy atom. The van der Waals surface area contributed by atoms with E-state index in [9.17, 15) is 20.1 Å². The van der Waals surface area contributed by atoms with Gasteiger partial charge in [0.05, 0.1) is 18.8 Å². The normalized spacial score (nSPS) is 13.4. The van der Waals surface area contributed by atoms with Crippen LogP contribution >= 0.6 is 0 Å². The molecular formula is C49H99NO4. The first-order chi connectivity index (χ1) is 26.6. The molecule has 0 radical (unpaired) electrons. The molecule has 0 heterocycles. The summed E-state index contributed by atoms with van der Waals surface area (Å²) in [4.78, 5) is 12.4. The van der Waals surface area contributed by atoms with E-state index in [1.807, 2.05) is 0 Å². The Balaban J connectivity index is 3.38. The predicted molar refractivity (Wildman–Crippen MR) is 236 cm³/mol. The predicted octanol–water partition coefficient (Wildman–Crippen LogP) is 14.6. The number of carbonyl (C=O) groups excluding carboxylic acids is 1. The van der Waals surface area contributed by atoms with E-state index in [-0.39, 0.29) is 12.5 Å². The quantitative estimate of drug-likeness (QED) is 0.0465. The molecule has 5 nitrogen and oxygen atoms in total. The van der Waals surface area contributed by atoms with Crippen molar-refractivity contribution in [1.29, 1.82) is 0 Å². The van der Waals surface area contributed by atoms with Gasteiger partial charge in [0.25, 0.3) is 0 Å².